The van der Waals surface area contributed by atoms with E-state index in [1.807, 2.05) is 45.0 Å². The molecule has 7 heteroatoms. The molecule has 0 radical (unpaired) electrons. The molecule has 0 fully saturated rings. The minimum Gasteiger partial charge on any atom is -0.435 e. The highest BCUT2D eigenvalue weighted by molar-refractivity contribution is 5.95. The van der Waals surface area contributed by atoms with E-state index in [1.54, 1.807) is 23.0 Å². The number of ether oxygens (including phenoxy) is 1. The second kappa shape index (κ2) is 8.86. The van der Waals surface area contributed by atoms with Crippen molar-refractivity contribution in [1.82, 2.24) is 15.1 Å². The molecule has 1 amide bonds. The molecule has 0 spiro atoms. The fourth-order valence-corrected chi connectivity index (χ4v) is 3.05. The standard InChI is InChI=1S/C22H23F2N3O2/c1-14(2)20-19(13-26-27(20)17-8-4-15(3)5-9-17)21(28)25-12-16-6-10-18(11-7-16)29-22(23)24/h4-11,13-14,22H,12H2,1-3H3,(H,25,28). The number of carbonyl (C=O) groups excluding carboxylic acids is 1. The summed E-state index contributed by atoms with van der Waals surface area (Å²) < 4.78 is 30.6. The lowest BCUT2D eigenvalue weighted by Crippen LogP contribution is -2.24. The van der Waals surface area contributed by atoms with E-state index in [0.29, 0.717) is 5.56 Å². The zero-order chi connectivity index (χ0) is 21.0. The molecule has 0 aliphatic heterocycles. The number of carbonyl (C=O) groups is 1. The Kier molecular flexibility index (Phi) is 6.26. The van der Waals surface area contributed by atoms with Gasteiger partial charge in [-0.1, -0.05) is 43.7 Å². The molecular weight excluding hydrogens is 376 g/mol. The molecule has 152 valence electrons. The Morgan fingerprint density at radius 2 is 1.76 bits per heavy atom. The Bertz CT molecular complexity index is 965. The predicted molar refractivity (Wildman–Crippen MR) is 107 cm³/mol. The number of rotatable bonds is 7. The van der Waals surface area contributed by atoms with Crippen molar-refractivity contribution in [2.45, 2.75) is 39.8 Å². The van der Waals surface area contributed by atoms with Gasteiger partial charge in [-0.15, -0.1) is 0 Å². The molecule has 0 saturated carbocycles. The third kappa shape index (κ3) is 4.99. The molecule has 3 aromatic rings. The topological polar surface area (TPSA) is 56.2 Å². The molecular formula is C22H23F2N3O2. The highest BCUT2D eigenvalue weighted by Gasteiger charge is 2.20. The van der Waals surface area contributed by atoms with Crippen LogP contribution in [0.5, 0.6) is 5.75 Å². The second-order valence-corrected chi connectivity index (χ2v) is 7.05. The zero-order valence-corrected chi connectivity index (χ0v) is 16.5. The van der Waals surface area contributed by atoms with Crippen molar-refractivity contribution < 1.29 is 18.3 Å². The Labute approximate surface area is 168 Å². The van der Waals surface area contributed by atoms with Crippen molar-refractivity contribution >= 4 is 5.91 Å². The minimum absolute atomic E-state index is 0.0801. The van der Waals surface area contributed by atoms with E-state index < -0.39 is 6.61 Å². The van der Waals surface area contributed by atoms with Crippen LogP contribution in [0.2, 0.25) is 0 Å². The van der Waals surface area contributed by atoms with Gasteiger partial charge in [0.05, 0.1) is 23.1 Å². The van der Waals surface area contributed by atoms with E-state index in [0.717, 1.165) is 22.5 Å². The maximum Gasteiger partial charge on any atom is 0.387 e. The Morgan fingerprint density at radius 1 is 1.10 bits per heavy atom. The summed E-state index contributed by atoms with van der Waals surface area (Å²) in [4.78, 5) is 12.8. The number of nitrogens with one attached hydrogen (secondary N) is 1. The summed E-state index contributed by atoms with van der Waals surface area (Å²) in [6.07, 6.45) is 1.57. The third-order valence-electron chi connectivity index (χ3n) is 4.48. The number of hydrogen-bond acceptors (Lipinski definition) is 3. The number of halogens is 2. The summed E-state index contributed by atoms with van der Waals surface area (Å²) in [7, 11) is 0. The Hall–Kier alpha value is -3.22. The van der Waals surface area contributed by atoms with E-state index in [9.17, 15) is 13.6 Å². The number of aryl methyl sites for hydroxylation is 1. The number of benzene rings is 2. The quantitative estimate of drug-likeness (QED) is 0.619. The number of nitrogens with zero attached hydrogens (tertiary/aromatic N) is 2. The largest absolute Gasteiger partial charge is 0.435 e. The molecule has 5 nitrogen and oxygen atoms in total. The first-order valence-corrected chi connectivity index (χ1v) is 9.32. The van der Waals surface area contributed by atoms with Crippen molar-refractivity contribution in [3.8, 4) is 11.4 Å². The van der Waals surface area contributed by atoms with Gasteiger partial charge in [-0.2, -0.15) is 13.9 Å². The van der Waals surface area contributed by atoms with Gasteiger partial charge in [0.15, 0.2) is 0 Å². The predicted octanol–water partition coefficient (Wildman–Crippen LogP) is 4.84. The molecule has 3 rings (SSSR count). The first kappa shape index (κ1) is 20.5. The van der Waals surface area contributed by atoms with Gasteiger partial charge < -0.3 is 10.1 Å². The number of amides is 1. The third-order valence-corrected chi connectivity index (χ3v) is 4.48. The highest BCUT2D eigenvalue weighted by atomic mass is 19.3. The number of aromatic nitrogens is 2. The van der Waals surface area contributed by atoms with E-state index in [-0.39, 0.29) is 24.1 Å². The maximum absolute atomic E-state index is 12.8. The second-order valence-electron chi connectivity index (χ2n) is 7.05. The van der Waals surface area contributed by atoms with E-state index >= 15 is 0 Å². The van der Waals surface area contributed by atoms with Crippen LogP contribution in [0.25, 0.3) is 5.69 Å². The van der Waals surface area contributed by atoms with Crippen LogP contribution in [0.3, 0.4) is 0 Å². The molecule has 1 N–H and O–H groups in total. The summed E-state index contributed by atoms with van der Waals surface area (Å²) in [6, 6.07) is 14.1. The van der Waals surface area contributed by atoms with E-state index in [4.69, 9.17) is 0 Å². The normalized spacial score (nSPS) is 11.1. The van der Waals surface area contributed by atoms with Crippen molar-refractivity contribution in [2.24, 2.45) is 0 Å². The van der Waals surface area contributed by atoms with Gasteiger partial charge in [-0.05, 0) is 42.7 Å². The van der Waals surface area contributed by atoms with Gasteiger partial charge in [0.25, 0.3) is 5.91 Å². The van der Waals surface area contributed by atoms with Crippen LogP contribution >= 0.6 is 0 Å². The van der Waals surface area contributed by atoms with E-state index in [2.05, 4.69) is 15.2 Å². The minimum atomic E-state index is -2.86. The molecule has 1 heterocycles. The van der Waals surface area contributed by atoms with Crippen molar-refractivity contribution in [2.75, 3.05) is 0 Å². The lowest BCUT2D eigenvalue weighted by atomic mass is 10.0. The monoisotopic (exact) mass is 399 g/mol. The Balaban J connectivity index is 1.74. The lowest BCUT2D eigenvalue weighted by molar-refractivity contribution is -0.0498. The summed E-state index contributed by atoms with van der Waals surface area (Å²) in [5.41, 5.74) is 4.16. The molecule has 0 aliphatic carbocycles. The van der Waals surface area contributed by atoms with Gasteiger partial charge in [-0.3, -0.25) is 4.79 Å². The molecule has 0 bridgehead atoms. The average Bonchev–Trinajstić information content (AvgIpc) is 3.13. The fourth-order valence-electron chi connectivity index (χ4n) is 3.05. The molecule has 0 atom stereocenters. The summed E-state index contributed by atoms with van der Waals surface area (Å²) in [5.74, 6) is -0.0677. The zero-order valence-electron chi connectivity index (χ0n) is 16.5. The SMILES string of the molecule is Cc1ccc(-n2ncc(C(=O)NCc3ccc(OC(F)F)cc3)c2C(C)C)cc1. The molecule has 1 aromatic heterocycles. The van der Waals surface area contributed by atoms with Crippen LogP contribution in [0, 0.1) is 6.92 Å². The van der Waals surface area contributed by atoms with Crippen LogP contribution in [-0.2, 0) is 6.54 Å². The summed E-state index contributed by atoms with van der Waals surface area (Å²) in [6.45, 7) is 3.45. The van der Waals surface area contributed by atoms with Crippen LogP contribution in [0.15, 0.2) is 54.7 Å². The van der Waals surface area contributed by atoms with E-state index in [1.165, 1.54) is 12.1 Å². The van der Waals surface area contributed by atoms with Crippen molar-refractivity contribution in [3.05, 3.63) is 77.1 Å². The van der Waals surface area contributed by atoms with Crippen LogP contribution < -0.4 is 10.1 Å². The van der Waals surface area contributed by atoms with Crippen molar-refractivity contribution in [3.63, 3.8) is 0 Å². The van der Waals surface area contributed by atoms with Gasteiger partial charge >= 0.3 is 6.61 Å². The molecule has 0 saturated heterocycles. The van der Waals surface area contributed by atoms with Crippen LogP contribution in [0.4, 0.5) is 8.78 Å². The Morgan fingerprint density at radius 3 is 2.34 bits per heavy atom. The van der Waals surface area contributed by atoms with Crippen LogP contribution in [0.1, 0.15) is 46.9 Å². The fraction of sp³-hybridized carbons (Fsp3) is 0.273. The highest BCUT2D eigenvalue weighted by Crippen LogP contribution is 2.23. The molecule has 29 heavy (non-hydrogen) atoms. The molecule has 0 aliphatic rings. The summed E-state index contributed by atoms with van der Waals surface area (Å²) >= 11 is 0. The lowest BCUT2D eigenvalue weighted by Gasteiger charge is -2.13. The molecule has 2 aromatic carbocycles. The first-order valence-electron chi connectivity index (χ1n) is 9.32. The number of hydrogen-bond donors (Lipinski definition) is 1. The average molecular weight is 399 g/mol. The van der Waals surface area contributed by atoms with Crippen molar-refractivity contribution in [1.29, 1.82) is 0 Å². The van der Waals surface area contributed by atoms with Gasteiger partial charge in [0.1, 0.15) is 5.75 Å². The maximum atomic E-state index is 12.8. The van der Waals surface area contributed by atoms with Gasteiger partial charge in [0.2, 0.25) is 0 Å². The number of alkyl halides is 2. The van der Waals surface area contributed by atoms with Gasteiger partial charge in [-0.25, -0.2) is 4.68 Å². The molecule has 0 unspecified atom stereocenters. The smallest absolute Gasteiger partial charge is 0.387 e. The first-order chi connectivity index (χ1) is 13.8. The van der Waals surface area contributed by atoms with Crippen LogP contribution in [-0.4, -0.2) is 22.3 Å². The van der Waals surface area contributed by atoms with Gasteiger partial charge in [0, 0.05) is 6.54 Å². The summed E-state index contributed by atoms with van der Waals surface area (Å²) in [5, 5.41) is 7.28.